The molecule has 0 N–H and O–H groups in total. The van der Waals surface area contributed by atoms with Crippen LogP contribution < -0.4 is 0 Å². The van der Waals surface area contributed by atoms with Crippen molar-refractivity contribution in [2.45, 2.75) is 32.7 Å². The van der Waals surface area contributed by atoms with Gasteiger partial charge in [-0.3, -0.25) is 9.69 Å². The zero-order valence-electron chi connectivity index (χ0n) is 10.00. The Morgan fingerprint density at radius 1 is 1.44 bits per heavy atom. The van der Waals surface area contributed by atoms with Crippen molar-refractivity contribution in [3.05, 3.63) is 21.3 Å². The lowest BCUT2D eigenvalue weighted by Crippen LogP contribution is -2.34. The summed E-state index contributed by atoms with van der Waals surface area (Å²) in [7, 11) is 2.00. The molecule has 0 atom stereocenters. The summed E-state index contributed by atoms with van der Waals surface area (Å²) >= 11 is 7.16. The average Bonchev–Trinajstić information content (AvgIpc) is 2.66. The smallest absolute Gasteiger partial charge is 0.186 e. The Labute approximate surface area is 106 Å². The fourth-order valence-electron chi connectivity index (χ4n) is 1.81. The van der Waals surface area contributed by atoms with Crippen molar-refractivity contribution in [3.8, 4) is 0 Å². The normalized spacial score (nSPS) is 11.4. The predicted molar refractivity (Wildman–Crippen MR) is 70.7 cm³/mol. The Hall–Kier alpha value is -0.380. The molecule has 1 heterocycles. The summed E-state index contributed by atoms with van der Waals surface area (Å²) in [6.45, 7) is 4.78. The molecule has 0 bridgehead atoms. The Balaban J connectivity index is 2.57. The predicted octanol–water partition coefficient (Wildman–Crippen LogP) is 3.70. The van der Waals surface area contributed by atoms with Crippen LogP contribution in [-0.4, -0.2) is 30.3 Å². The molecule has 0 radical (unpaired) electrons. The second kappa shape index (κ2) is 6.38. The number of Topliss-reactive ketones (excluding diaryl/α,β-unsaturated/α-hetero) is 1. The summed E-state index contributed by atoms with van der Waals surface area (Å²) in [5.41, 5.74) is 0. The van der Waals surface area contributed by atoms with Gasteiger partial charge in [0, 0.05) is 6.04 Å². The van der Waals surface area contributed by atoms with Gasteiger partial charge in [0.1, 0.15) is 0 Å². The third kappa shape index (κ3) is 3.58. The van der Waals surface area contributed by atoms with E-state index in [9.17, 15) is 4.79 Å². The second-order valence-corrected chi connectivity index (χ2v) is 5.63. The molecule has 0 aliphatic heterocycles. The van der Waals surface area contributed by atoms with Crippen molar-refractivity contribution in [3.63, 3.8) is 0 Å². The highest BCUT2D eigenvalue weighted by Gasteiger charge is 2.16. The molecule has 16 heavy (non-hydrogen) atoms. The summed E-state index contributed by atoms with van der Waals surface area (Å²) in [5, 5.41) is 0. The molecule has 90 valence electrons. The van der Waals surface area contributed by atoms with Gasteiger partial charge < -0.3 is 0 Å². The zero-order chi connectivity index (χ0) is 12.1. The third-order valence-corrected chi connectivity index (χ3v) is 4.08. The van der Waals surface area contributed by atoms with Crippen LogP contribution in [0.3, 0.4) is 0 Å². The van der Waals surface area contributed by atoms with Crippen LogP contribution >= 0.6 is 22.9 Å². The van der Waals surface area contributed by atoms with Crippen LogP contribution in [0, 0.1) is 0 Å². The number of carbonyl (C=O) groups is 1. The second-order valence-electron chi connectivity index (χ2n) is 3.91. The van der Waals surface area contributed by atoms with E-state index in [4.69, 9.17) is 11.6 Å². The van der Waals surface area contributed by atoms with Crippen molar-refractivity contribution in [2.24, 2.45) is 0 Å². The Bertz CT molecular complexity index is 347. The molecule has 0 aliphatic carbocycles. The summed E-state index contributed by atoms with van der Waals surface area (Å²) in [4.78, 5) is 14.8. The molecule has 0 aromatic carbocycles. The van der Waals surface area contributed by atoms with Crippen LogP contribution in [0.2, 0.25) is 4.34 Å². The fraction of sp³-hybridized carbons (Fsp3) is 0.583. The molecular weight excluding hydrogens is 242 g/mol. The van der Waals surface area contributed by atoms with Gasteiger partial charge in [0.25, 0.3) is 0 Å². The van der Waals surface area contributed by atoms with Gasteiger partial charge in [0.2, 0.25) is 0 Å². The first kappa shape index (κ1) is 13.7. The molecule has 0 fully saturated rings. The van der Waals surface area contributed by atoms with Crippen molar-refractivity contribution >= 4 is 28.7 Å². The van der Waals surface area contributed by atoms with E-state index in [1.165, 1.54) is 11.3 Å². The van der Waals surface area contributed by atoms with E-state index in [0.717, 1.165) is 17.7 Å². The average molecular weight is 260 g/mol. The lowest BCUT2D eigenvalue weighted by atomic mass is 10.1. The van der Waals surface area contributed by atoms with E-state index in [1.807, 2.05) is 7.05 Å². The van der Waals surface area contributed by atoms with E-state index in [2.05, 4.69) is 18.7 Å². The number of carbonyl (C=O) groups excluding carboxylic acids is 1. The van der Waals surface area contributed by atoms with Crippen LogP contribution in [0.15, 0.2) is 12.1 Å². The van der Waals surface area contributed by atoms with Gasteiger partial charge in [-0.2, -0.15) is 0 Å². The minimum Gasteiger partial charge on any atom is -0.296 e. The maximum atomic E-state index is 11.9. The summed E-state index contributed by atoms with van der Waals surface area (Å²) < 4.78 is 0.675. The summed E-state index contributed by atoms with van der Waals surface area (Å²) in [5.74, 6) is 0.159. The lowest BCUT2D eigenvalue weighted by Gasteiger charge is -2.24. The number of hydrogen-bond donors (Lipinski definition) is 0. The van der Waals surface area contributed by atoms with Crippen molar-refractivity contribution < 1.29 is 4.79 Å². The first-order valence-electron chi connectivity index (χ1n) is 5.57. The monoisotopic (exact) mass is 259 g/mol. The Morgan fingerprint density at radius 2 is 2.06 bits per heavy atom. The molecule has 0 amide bonds. The van der Waals surface area contributed by atoms with Crippen LogP contribution in [0.1, 0.15) is 36.4 Å². The molecule has 0 unspecified atom stereocenters. The molecule has 1 aromatic heterocycles. The topological polar surface area (TPSA) is 20.3 Å². The quantitative estimate of drug-likeness (QED) is 0.726. The molecule has 1 aromatic rings. The van der Waals surface area contributed by atoms with E-state index < -0.39 is 0 Å². The van der Waals surface area contributed by atoms with E-state index in [-0.39, 0.29) is 5.78 Å². The van der Waals surface area contributed by atoms with Gasteiger partial charge in [-0.1, -0.05) is 25.4 Å². The van der Waals surface area contributed by atoms with Crippen LogP contribution in [0.5, 0.6) is 0 Å². The number of ketones is 1. The number of hydrogen-bond acceptors (Lipinski definition) is 3. The van der Waals surface area contributed by atoms with Gasteiger partial charge in [-0.05, 0) is 32.0 Å². The van der Waals surface area contributed by atoms with Crippen LogP contribution in [0.4, 0.5) is 0 Å². The lowest BCUT2D eigenvalue weighted by molar-refractivity contribution is 0.0919. The van der Waals surface area contributed by atoms with Gasteiger partial charge >= 0.3 is 0 Å². The molecule has 0 spiro atoms. The first-order chi connectivity index (χ1) is 7.58. The highest BCUT2D eigenvalue weighted by Crippen LogP contribution is 2.22. The molecule has 0 saturated carbocycles. The number of thiophene rings is 1. The molecule has 0 saturated heterocycles. The maximum absolute atomic E-state index is 11.9. The van der Waals surface area contributed by atoms with Gasteiger partial charge in [0.15, 0.2) is 5.78 Å². The first-order valence-corrected chi connectivity index (χ1v) is 6.76. The maximum Gasteiger partial charge on any atom is 0.186 e. The Morgan fingerprint density at radius 3 is 2.50 bits per heavy atom. The van der Waals surface area contributed by atoms with E-state index >= 15 is 0 Å². The Kier molecular flexibility index (Phi) is 5.46. The molecule has 4 heteroatoms. The highest BCUT2D eigenvalue weighted by atomic mass is 35.5. The SMILES string of the molecule is CCC(CC)N(C)CC(=O)c1ccc(Cl)s1. The third-order valence-electron chi connectivity index (χ3n) is 2.81. The highest BCUT2D eigenvalue weighted by molar-refractivity contribution is 7.18. The number of halogens is 1. The summed E-state index contributed by atoms with van der Waals surface area (Å²) in [6.07, 6.45) is 2.15. The fourth-order valence-corrected chi connectivity index (χ4v) is 2.78. The zero-order valence-corrected chi connectivity index (χ0v) is 11.6. The van der Waals surface area contributed by atoms with Crippen molar-refractivity contribution in [2.75, 3.05) is 13.6 Å². The van der Waals surface area contributed by atoms with E-state index in [0.29, 0.717) is 16.9 Å². The number of nitrogens with zero attached hydrogens (tertiary/aromatic N) is 1. The molecule has 2 nitrogen and oxygen atoms in total. The van der Waals surface area contributed by atoms with Crippen LogP contribution in [0.25, 0.3) is 0 Å². The standard InChI is InChI=1S/C12H18ClNOS/c1-4-9(5-2)14(3)8-10(15)11-6-7-12(13)16-11/h6-7,9H,4-5,8H2,1-3H3. The van der Waals surface area contributed by atoms with Gasteiger partial charge in [-0.25, -0.2) is 0 Å². The van der Waals surface area contributed by atoms with Crippen LogP contribution in [-0.2, 0) is 0 Å². The van der Waals surface area contributed by atoms with Gasteiger partial charge in [-0.15, -0.1) is 11.3 Å². The van der Waals surface area contributed by atoms with Gasteiger partial charge in [0.05, 0.1) is 15.8 Å². The molecule has 1 rings (SSSR count). The molecular formula is C12H18ClNOS. The van der Waals surface area contributed by atoms with E-state index in [1.54, 1.807) is 12.1 Å². The minimum atomic E-state index is 0.159. The van der Waals surface area contributed by atoms with Crippen molar-refractivity contribution in [1.82, 2.24) is 4.90 Å². The molecule has 0 aliphatic rings. The minimum absolute atomic E-state index is 0.159. The van der Waals surface area contributed by atoms with Crippen molar-refractivity contribution in [1.29, 1.82) is 0 Å². The summed E-state index contributed by atoms with van der Waals surface area (Å²) in [6, 6.07) is 4.06. The largest absolute Gasteiger partial charge is 0.296 e. The number of likely N-dealkylation sites (N-methyl/N-ethyl adjacent to an activating group) is 1. The number of rotatable bonds is 6.